The number of aliphatic hydroxyl groups excluding tert-OH is 2. The second kappa shape index (κ2) is 26.7. The van der Waals surface area contributed by atoms with Crippen LogP contribution in [0.5, 0.6) is 0 Å². The third kappa shape index (κ3) is 22.8. The molecule has 12 heteroatoms. The lowest BCUT2D eigenvalue weighted by molar-refractivity contribution is -0.176. The smallest absolute Gasteiger partial charge is 0.306 e. The molecule has 0 fully saturated rings. The molecule has 0 saturated heterocycles. The lowest BCUT2D eigenvalue weighted by Crippen LogP contribution is -2.47. The highest BCUT2D eigenvalue weighted by molar-refractivity contribution is 5.71. The molecular formula is C32H56O12. The van der Waals surface area contributed by atoms with Gasteiger partial charge < -0.3 is 34.6 Å². The third-order valence-corrected chi connectivity index (χ3v) is 7.24. The second-order valence-electron chi connectivity index (χ2n) is 11.2. The molecule has 4 atom stereocenters. The van der Waals surface area contributed by atoms with E-state index in [9.17, 15) is 34.2 Å². The van der Waals surface area contributed by atoms with E-state index in [4.69, 9.17) is 24.4 Å². The maximum Gasteiger partial charge on any atom is 0.306 e. The van der Waals surface area contributed by atoms with Crippen molar-refractivity contribution in [3.05, 3.63) is 0 Å². The first-order valence-corrected chi connectivity index (χ1v) is 16.4. The first-order chi connectivity index (χ1) is 21.0. The predicted octanol–water partition coefficient (Wildman–Crippen LogP) is 5.09. The summed E-state index contributed by atoms with van der Waals surface area (Å²) in [7, 11) is 0. The number of carbonyl (C=O) groups excluding carboxylic acids is 3. The van der Waals surface area contributed by atoms with Crippen LogP contribution in [0, 0.1) is 0 Å². The molecule has 0 aromatic carbocycles. The summed E-state index contributed by atoms with van der Waals surface area (Å²) in [6.07, 6.45) is 3.83. The molecule has 0 spiro atoms. The zero-order chi connectivity index (χ0) is 33.2. The highest BCUT2D eigenvalue weighted by Gasteiger charge is 2.36. The normalized spacial score (nSPS) is 13.8. The van der Waals surface area contributed by atoms with Crippen molar-refractivity contribution < 1.29 is 58.6 Å². The molecule has 0 aliphatic carbocycles. The SMILES string of the molecule is CCCCCCC(OC(=O)CCCCC(=O)O)C(O)C(O)C(CCCCCCCC(=O)OCC)OC(=O)CCCCC(=O)O. The van der Waals surface area contributed by atoms with Gasteiger partial charge in [0.2, 0.25) is 0 Å². The highest BCUT2D eigenvalue weighted by atomic mass is 16.6. The van der Waals surface area contributed by atoms with Crippen molar-refractivity contribution in [2.24, 2.45) is 0 Å². The number of unbranched alkanes of at least 4 members (excludes halogenated alkanes) is 9. The number of aliphatic carboxylic acids is 2. The van der Waals surface area contributed by atoms with Gasteiger partial charge in [0, 0.05) is 32.1 Å². The molecule has 4 N–H and O–H groups in total. The Labute approximate surface area is 261 Å². The zero-order valence-corrected chi connectivity index (χ0v) is 26.7. The highest BCUT2D eigenvalue weighted by Crippen LogP contribution is 2.22. The molecule has 0 rings (SSSR count). The number of aliphatic hydroxyl groups is 2. The Morgan fingerprint density at radius 1 is 0.500 bits per heavy atom. The van der Waals surface area contributed by atoms with Gasteiger partial charge >= 0.3 is 29.8 Å². The van der Waals surface area contributed by atoms with Gasteiger partial charge in [-0.25, -0.2) is 0 Å². The summed E-state index contributed by atoms with van der Waals surface area (Å²) in [6.45, 7) is 4.15. The fourth-order valence-electron chi connectivity index (χ4n) is 4.74. The van der Waals surface area contributed by atoms with Crippen LogP contribution in [-0.4, -0.2) is 81.3 Å². The van der Waals surface area contributed by atoms with Crippen molar-refractivity contribution in [1.29, 1.82) is 0 Å². The van der Waals surface area contributed by atoms with Crippen LogP contribution in [0.15, 0.2) is 0 Å². The van der Waals surface area contributed by atoms with Gasteiger partial charge in [-0.1, -0.05) is 45.4 Å². The summed E-state index contributed by atoms with van der Waals surface area (Å²) in [6, 6.07) is 0. The molecule has 0 amide bonds. The van der Waals surface area contributed by atoms with E-state index in [0.717, 1.165) is 38.5 Å². The van der Waals surface area contributed by atoms with Crippen molar-refractivity contribution >= 4 is 29.8 Å². The Kier molecular flexibility index (Phi) is 25.0. The van der Waals surface area contributed by atoms with Crippen molar-refractivity contribution in [1.82, 2.24) is 0 Å². The van der Waals surface area contributed by atoms with Crippen LogP contribution < -0.4 is 0 Å². The standard InChI is InChI=1S/C32H56O12/c1-3-5-6-10-17-24(43-29(38)22-15-13-19-26(33)34)31(40)32(41)25(44-30(39)23-16-14-20-27(35)36)18-11-8-7-9-12-21-28(37)42-4-2/h24-25,31-32,40-41H,3-23H2,1-2H3,(H,33,34)(H,35,36). The fraction of sp³-hybridized carbons (Fsp3) is 0.844. The molecule has 0 saturated carbocycles. The largest absolute Gasteiger partial charge is 0.481 e. The molecular weight excluding hydrogens is 576 g/mol. The Balaban J connectivity index is 5.29. The summed E-state index contributed by atoms with van der Waals surface area (Å²) in [5, 5.41) is 39.9. The molecule has 0 bridgehead atoms. The molecule has 0 heterocycles. The number of hydrogen-bond donors (Lipinski definition) is 4. The fourth-order valence-corrected chi connectivity index (χ4v) is 4.74. The van der Waals surface area contributed by atoms with Gasteiger partial charge in [0.25, 0.3) is 0 Å². The summed E-state index contributed by atoms with van der Waals surface area (Å²) in [5.41, 5.74) is 0. The molecule has 0 aliphatic rings. The van der Waals surface area contributed by atoms with Gasteiger partial charge in [0.15, 0.2) is 0 Å². The quantitative estimate of drug-likeness (QED) is 0.0486. The number of ether oxygens (including phenoxy) is 3. The summed E-state index contributed by atoms with van der Waals surface area (Å²) in [4.78, 5) is 58.1. The molecule has 0 aliphatic heterocycles. The van der Waals surface area contributed by atoms with E-state index in [-0.39, 0.29) is 38.1 Å². The number of carboxylic acids is 2. The molecule has 0 aromatic rings. The first-order valence-electron chi connectivity index (χ1n) is 16.4. The minimum absolute atomic E-state index is 0.0214. The maximum atomic E-state index is 12.6. The van der Waals surface area contributed by atoms with Crippen LogP contribution in [0.3, 0.4) is 0 Å². The number of esters is 3. The van der Waals surface area contributed by atoms with Crippen LogP contribution in [0.25, 0.3) is 0 Å². The van der Waals surface area contributed by atoms with Gasteiger partial charge in [-0.3, -0.25) is 24.0 Å². The van der Waals surface area contributed by atoms with E-state index in [1.54, 1.807) is 6.92 Å². The minimum Gasteiger partial charge on any atom is -0.481 e. The van der Waals surface area contributed by atoms with Crippen LogP contribution in [-0.2, 0) is 38.2 Å². The number of carbonyl (C=O) groups is 5. The Hall–Kier alpha value is -2.73. The van der Waals surface area contributed by atoms with E-state index in [0.29, 0.717) is 64.4 Å². The van der Waals surface area contributed by atoms with E-state index >= 15 is 0 Å². The van der Waals surface area contributed by atoms with E-state index < -0.39 is 48.3 Å². The number of rotatable bonds is 29. The average Bonchev–Trinajstić information content (AvgIpc) is 2.97. The van der Waals surface area contributed by atoms with E-state index in [2.05, 4.69) is 0 Å². The lowest BCUT2D eigenvalue weighted by atomic mass is 9.95. The van der Waals surface area contributed by atoms with Crippen LogP contribution in [0.2, 0.25) is 0 Å². The van der Waals surface area contributed by atoms with Gasteiger partial charge in [0.05, 0.1) is 6.61 Å². The Bertz CT molecular complexity index is 815. The van der Waals surface area contributed by atoms with Crippen molar-refractivity contribution in [3.63, 3.8) is 0 Å². The van der Waals surface area contributed by atoms with Gasteiger partial charge in [0.1, 0.15) is 24.4 Å². The number of hydrogen-bond acceptors (Lipinski definition) is 10. The topological polar surface area (TPSA) is 194 Å². The van der Waals surface area contributed by atoms with Crippen molar-refractivity contribution in [2.45, 2.75) is 167 Å². The van der Waals surface area contributed by atoms with E-state index in [1.165, 1.54) is 0 Å². The molecule has 4 unspecified atom stereocenters. The van der Waals surface area contributed by atoms with Crippen LogP contribution in [0.4, 0.5) is 0 Å². The average molecular weight is 633 g/mol. The van der Waals surface area contributed by atoms with Crippen molar-refractivity contribution in [2.75, 3.05) is 6.61 Å². The van der Waals surface area contributed by atoms with Gasteiger partial charge in [-0.05, 0) is 64.7 Å². The lowest BCUT2D eigenvalue weighted by Gasteiger charge is -2.31. The molecule has 0 aromatic heterocycles. The van der Waals surface area contributed by atoms with Crippen LogP contribution in [0.1, 0.15) is 142 Å². The molecule has 0 radical (unpaired) electrons. The summed E-state index contributed by atoms with van der Waals surface area (Å²) >= 11 is 0. The molecule has 256 valence electrons. The Morgan fingerprint density at radius 3 is 1.30 bits per heavy atom. The summed E-state index contributed by atoms with van der Waals surface area (Å²) in [5.74, 6) is -3.36. The monoisotopic (exact) mass is 632 g/mol. The second-order valence-corrected chi connectivity index (χ2v) is 11.2. The first kappa shape index (κ1) is 41.3. The Morgan fingerprint density at radius 2 is 0.864 bits per heavy atom. The third-order valence-electron chi connectivity index (χ3n) is 7.24. The van der Waals surface area contributed by atoms with E-state index in [1.807, 2.05) is 6.92 Å². The number of carboxylic acid groups (broad SMARTS) is 2. The van der Waals surface area contributed by atoms with Crippen LogP contribution >= 0.6 is 0 Å². The molecule has 44 heavy (non-hydrogen) atoms. The molecule has 12 nitrogen and oxygen atoms in total. The maximum absolute atomic E-state index is 12.6. The predicted molar refractivity (Wildman–Crippen MR) is 162 cm³/mol. The van der Waals surface area contributed by atoms with Crippen molar-refractivity contribution in [3.8, 4) is 0 Å². The zero-order valence-electron chi connectivity index (χ0n) is 26.7. The van der Waals surface area contributed by atoms with Gasteiger partial charge in [-0.2, -0.15) is 0 Å². The minimum atomic E-state index is -1.53. The van der Waals surface area contributed by atoms with Gasteiger partial charge in [-0.15, -0.1) is 0 Å². The summed E-state index contributed by atoms with van der Waals surface area (Å²) < 4.78 is 16.1.